The van der Waals surface area contributed by atoms with Gasteiger partial charge in [0.2, 0.25) is 0 Å². The van der Waals surface area contributed by atoms with Gasteiger partial charge in [-0.05, 0) is 31.7 Å². The summed E-state index contributed by atoms with van der Waals surface area (Å²) < 4.78 is 5.54. The maximum Gasteiger partial charge on any atom is 0.253 e. The third-order valence-corrected chi connectivity index (χ3v) is 3.41. The second kappa shape index (κ2) is 7.85. The van der Waals surface area contributed by atoms with Crippen LogP contribution in [0.5, 0.6) is 0 Å². The minimum absolute atomic E-state index is 0.0519. The molecule has 1 aromatic heterocycles. The lowest BCUT2D eigenvalue weighted by Gasteiger charge is -2.12. The molecular formula is C15H23N3O2. The van der Waals surface area contributed by atoms with Gasteiger partial charge in [0, 0.05) is 25.9 Å². The summed E-state index contributed by atoms with van der Waals surface area (Å²) in [4.78, 5) is 16.2. The monoisotopic (exact) mass is 277 g/mol. The molecule has 0 radical (unpaired) electrons. The van der Waals surface area contributed by atoms with Crippen molar-refractivity contribution >= 4 is 11.6 Å². The Balaban J connectivity index is 1.84. The zero-order valence-corrected chi connectivity index (χ0v) is 12.0. The van der Waals surface area contributed by atoms with Gasteiger partial charge in [0.1, 0.15) is 0 Å². The van der Waals surface area contributed by atoms with E-state index in [-0.39, 0.29) is 5.91 Å². The summed E-state index contributed by atoms with van der Waals surface area (Å²) in [5.74, 6) is -0.0519. The van der Waals surface area contributed by atoms with Gasteiger partial charge < -0.3 is 15.4 Å². The Bertz CT molecular complexity index is 431. The molecular weight excluding hydrogens is 254 g/mol. The molecule has 2 rings (SSSR count). The zero-order chi connectivity index (χ0) is 14.2. The van der Waals surface area contributed by atoms with Crippen LogP contribution in [-0.2, 0) is 4.74 Å². The maximum absolute atomic E-state index is 12.2. The van der Waals surface area contributed by atoms with Gasteiger partial charge in [-0.3, -0.25) is 9.78 Å². The number of nitrogens with zero attached hydrogens (tertiary/aromatic N) is 1. The molecule has 1 atom stereocenters. The van der Waals surface area contributed by atoms with E-state index >= 15 is 0 Å². The highest BCUT2D eigenvalue weighted by molar-refractivity contribution is 5.99. The van der Waals surface area contributed by atoms with E-state index in [0.29, 0.717) is 18.2 Å². The van der Waals surface area contributed by atoms with E-state index in [9.17, 15) is 4.79 Å². The molecule has 1 saturated heterocycles. The van der Waals surface area contributed by atoms with Crippen molar-refractivity contribution in [3.05, 3.63) is 24.0 Å². The summed E-state index contributed by atoms with van der Waals surface area (Å²) in [6, 6.07) is 1.75. The standard InChI is InChI=1S/C15H23N3O2/c1-2-7-17-14-11-16-8-6-13(14)15(19)18-9-5-12-4-3-10-20-12/h6,8,11-12,17H,2-5,7,9-10H2,1H3,(H,18,19). The van der Waals surface area contributed by atoms with E-state index in [0.717, 1.165) is 44.5 Å². The molecule has 1 aliphatic heterocycles. The van der Waals surface area contributed by atoms with E-state index in [2.05, 4.69) is 22.5 Å². The van der Waals surface area contributed by atoms with Crippen molar-refractivity contribution in [3.8, 4) is 0 Å². The van der Waals surface area contributed by atoms with E-state index in [1.165, 1.54) is 0 Å². The molecule has 0 aliphatic carbocycles. The number of ether oxygens (including phenoxy) is 1. The molecule has 0 spiro atoms. The fourth-order valence-corrected chi connectivity index (χ4v) is 2.31. The second-order valence-electron chi connectivity index (χ2n) is 5.03. The Labute approximate surface area is 120 Å². The third-order valence-electron chi connectivity index (χ3n) is 3.41. The van der Waals surface area contributed by atoms with Crippen LogP contribution in [-0.4, -0.2) is 36.7 Å². The summed E-state index contributed by atoms with van der Waals surface area (Å²) in [5, 5.41) is 6.18. The predicted molar refractivity (Wildman–Crippen MR) is 78.9 cm³/mol. The first kappa shape index (κ1) is 14.8. The Kier molecular flexibility index (Phi) is 5.80. The molecule has 1 aromatic rings. The van der Waals surface area contributed by atoms with Crippen molar-refractivity contribution in [3.63, 3.8) is 0 Å². The Hall–Kier alpha value is -1.62. The van der Waals surface area contributed by atoms with Crippen LogP contribution in [0.4, 0.5) is 5.69 Å². The average Bonchev–Trinajstić information content (AvgIpc) is 2.98. The Morgan fingerprint density at radius 3 is 3.15 bits per heavy atom. The van der Waals surface area contributed by atoms with Crippen molar-refractivity contribution in [2.24, 2.45) is 0 Å². The van der Waals surface area contributed by atoms with Gasteiger partial charge in [-0.2, -0.15) is 0 Å². The number of hydrogen-bond acceptors (Lipinski definition) is 4. The van der Waals surface area contributed by atoms with Crippen LogP contribution >= 0.6 is 0 Å². The minimum Gasteiger partial charge on any atom is -0.383 e. The highest BCUT2D eigenvalue weighted by atomic mass is 16.5. The van der Waals surface area contributed by atoms with Crippen LogP contribution in [0.25, 0.3) is 0 Å². The number of hydrogen-bond donors (Lipinski definition) is 2. The van der Waals surface area contributed by atoms with E-state index in [1.54, 1.807) is 18.5 Å². The summed E-state index contributed by atoms with van der Waals surface area (Å²) in [6.45, 7) is 4.43. The number of carbonyl (C=O) groups is 1. The first-order chi connectivity index (χ1) is 9.81. The second-order valence-corrected chi connectivity index (χ2v) is 5.03. The van der Waals surface area contributed by atoms with Crippen LogP contribution in [0.15, 0.2) is 18.5 Å². The summed E-state index contributed by atoms with van der Waals surface area (Å²) in [5.41, 5.74) is 1.45. The smallest absolute Gasteiger partial charge is 0.253 e. The van der Waals surface area contributed by atoms with Gasteiger partial charge in [-0.15, -0.1) is 0 Å². The predicted octanol–water partition coefficient (Wildman–Crippen LogP) is 2.20. The number of pyridine rings is 1. The lowest BCUT2D eigenvalue weighted by atomic mass is 10.1. The fraction of sp³-hybridized carbons (Fsp3) is 0.600. The van der Waals surface area contributed by atoms with E-state index in [1.807, 2.05) is 0 Å². The number of amides is 1. The number of anilines is 1. The molecule has 2 N–H and O–H groups in total. The van der Waals surface area contributed by atoms with E-state index in [4.69, 9.17) is 4.74 Å². The Morgan fingerprint density at radius 2 is 2.40 bits per heavy atom. The third kappa shape index (κ3) is 4.20. The van der Waals surface area contributed by atoms with Crippen LogP contribution in [0, 0.1) is 0 Å². The lowest BCUT2D eigenvalue weighted by Crippen LogP contribution is -2.27. The maximum atomic E-state index is 12.2. The molecule has 1 unspecified atom stereocenters. The van der Waals surface area contributed by atoms with Gasteiger partial charge >= 0.3 is 0 Å². The van der Waals surface area contributed by atoms with Crippen LogP contribution in [0.2, 0.25) is 0 Å². The van der Waals surface area contributed by atoms with Gasteiger partial charge in [-0.1, -0.05) is 6.92 Å². The molecule has 1 fully saturated rings. The van der Waals surface area contributed by atoms with Gasteiger partial charge in [-0.25, -0.2) is 0 Å². The first-order valence-electron chi connectivity index (χ1n) is 7.39. The van der Waals surface area contributed by atoms with E-state index < -0.39 is 0 Å². The molecule has 0 aromatic carbocycles. The molecule has 110 valence electrons. The molecule has 2 heterocycles. The van der Waals surface area contributed by atoms with Crippen LogP contribution in [0.1, 0.15) is 43.0 Å². The highest BCUT2D eigenvalue weighted by Crippen LogP contribution is 2.15. The molecule has 1 amide bonds. The highest BCUT2D eigenvalue weighted by Gasteiger charge is 2.16. The largest absolute Gasteiger partial charge is 0.383 e. The normalized spacial score (nSPS) is 17.9. The molecule has 0 bridgehead atoms. The molecule has 5 heteroatoms. The van der Waals surface area contributed by atoms with Gasteiger partial charge in [0.05, 0.1) is 23.6 Å². The molecule has 5 nitrogen and oxygen atoms in total. The van der Waals surface area contributed by atoms with Crippen molar-refractivity contribution in [1.29, 1.82) is 0 Å². The molecule has 20 heavy (non-hydrogen) atoms. The lowest BCUT2D eigenvalue weighted by molar-refractivity contribution is 0.0908. The van der Waals surface area contributed by atoms with Crippen molar-refractivity contribution in [1.82, 2.24) is 10.3 Å². The quantitative estimate of drug-likeness (QED) is 0.802. The fourth-order valence-electron chi connectivity index (χ4n) is 2.31. The summed E-state index contributed by atoms with van der Waals surface area (Å²) >= 11 is 0. The average molecular weight is 277 g/mol. The van der Waals surface area contributed by atoms with Crippen LogP contribution < -0.4 is 10.6 Å². The number of aromatic nitrogens is 1. The number of nitrogens with one attached hydrogen (secondary N) is 2. The number of carbonyl (C=O) groups excluding carboxylic acids is 1. The SMILES string of the molecule is CCCNc1cnccc1C(=O)NCCC1CCCO1. The topological polar surface area (TPSA) is 63.2 Å². The summed E-state index contributed by atoms with van der Waals surface area (Å²) in [7, 11) is 0. The first-order valence-corrected chi connectivity index (χ1v) is 7.39. The van der Waals surface area contributed by atoms with Crippen molar-refractivity contribution in [2.75, 3.05) is 25.0 Å². The summed E-state index contributed by atoms with van der Waals surface area (Å²) in [6.07, 6.45) is 7.79. The van der Waals surface area contributed by atoms with Crippen LogP contribution in [0.3, 0.4) is 0 Å². The number of rotatable bonds is 7. The van der Waals surface area contributed by atoms with Crippen molar-refractivity contribution < 1.29 is 9.53 Å². The molecule has 0 saturated carbocycles. The van der Waals surface area contributed by atoms with Gasteiger partial charge in [0.25, 0.3) is 5.91 Å². The zero-order valence-electron chi connectivity index (χ0n) is 12.0. The molecule has 1 aliphatic rings. The van der Waals surface area contributed by atoms with Gasteiger partial charge in [0.15, 0.2) is 0 Å². The van der Waals surface area contributed by atoms with Crippen molar-refractivity contribution in [2.45, 2.75) is 38.7 Å². The Morgan fingerprint density at radius 1 is 1.50 bits per heavy atom. The minimum atomic E-state index is -0.0519.